The number of nitrogens with zero attached hydrogens (tertiary/aromatic N) is 2. The highest BCUT2D eigenvalue weighted by atomic mass is 16.4. The zero-order chi connectivity index (χ0) is 16.2. The summed E-state index contributed by atoms with van der Waals surface area (Å²) in [7, 11) is 0. The Morgan fingerprint density at radius 2 is 2.17 bits per heavy atom. The molecule has 5 heteroatoms. The largest absolute Gasteiger partial charge is 0.440 e. The van der Waals surface area contributed by atoms with Gasteiger partial charge in [-0.3, -0.25) is 4.79 Å². The van der Waals surface area contributed by atoms with Gasteiger partial charge in [-0.1, -0.05) is 30.3 Å². The summed E-state index contributed by atoms with van der Waals surface area (Å²) in [5.74, 6) is 1.61. The highest BCUT2D eigenvalue weighted by Crippen LogP contribution is 2.24. The molecule has 1 aromatic carbocycles. The van der Waals surface area contributed by atoms with Gasteiger partial charge in [0, 0.05) is 44.1 Å². The zero-order valence-corrected chi connectivity index (χ0v) is 13.7. The SMILES string of the molecule is Cc1nc(CCC(=O)N2CCN[C@@H](C)C2)oc1-c1ccccc1. The molecule has 0 radical (unpaired) electrons. The molecule has 0 saturated carbocycles. The van der Waals surface area contributed by atoms with Gasteiger partial charge in [-0.2, -0.15) is 0 Å². The van der Waals surface area contributed by atoms with Crippen LogP contribution in [0.2, 0.25) is 0 Å². The lowest BCUT2D eigenvalue weighted by atomic mass is 10.1. The second kappa shape index (κ2) is 6.96. The summed E-state index contributed by atoms with van der Waals surface area (Å²) in [6.07, 6.45) is 0.992. The molecule has 1 fully saturated rings. The molecule has 0 spiro atoms. The molecule has 2 heterocycles. The number of oxazole rings is 1. The Morgan fingerprint density at radius 1 is 1.39 bits per heavy atom. The molecule has 1 atom stereocenters. The predicted octanol–water partition coefficient (Wildman–Crippen LogP) is 2.40. The molecule has 2 aromatic rings. The molecule has 1 amide bonds. The topological polar surface area (TPSA) is 58.4 Å². The van der Waals surface area contributed by atoms with Crippen molar-refractivity contribution in [2.45, 2.75) is 32.7 Å². The van der Waals surface area contributed by atoms with Gasteiger partial charge in [0.25, 0.3) is 0 Å². The minimum absolute atomic E-state index is 0.176. The van der Waals surface area contributed by atoms with Crippen LogP contribution in [-0.4, -0.2) is 41.5 Å². The molecule has 0 unspecified atom stereocenters. The molecule has 1 aromatic heterocycles. The molecule has 1 aliphatic heterocycles. The van der Waals surface area contributed by atoms with Crippen LogP contribution >= 0.6 is 0 Å². The van der Waals surface area contributed by atoms with E-state index in [9.17, 15) is 4.79 Å². The van der Waals surface area contributed by atoms with Crippen molar-refractivity contribution in [2.24, 2.45) is 0 Å². The van der Waals surface area contributed by atoms with E-state index in [1.165, 1.54) is 0 Å². The molecule has 0 aliphatic carbocycles. The van der Waals surface area contributed by atoms with E-state index in [1.54, 1.807) is 0 Å². The second-order valence-electron chi connectivity index (χ2n) is 6.08. The number of benzene rings is 1. The number of carbonyl (C=O) groups excluding carboxylic acids is 1. The number of carbonyl (C=O) groups is 1. The first-order valence-electron chi connectivity index (χ1n) is 8.16. The quantitative estimate of drug-likeness (QED) is 0.941. The molecule has 3 rings (SSSR count). The summed E-state index contributed by atoms with van der Waals surface area (Å²) in [5.41, 5.74) is 1.89. The second-order valence-corrected chi connectivity index (χ2v) is 6.08. The van der Waals surface area contributed by atoms with Gasteiger partial charge in [-0.05, 0) is 13.8 Å². The Hall–Kier alpha value is -2.14. The van der Waals surface area contributed by atoms with Crippen LogP contribution in [-0.2, 0) is 11.2 Å². The summed E-state index contributed by atoms with van der Waals surface area (Å²) in [5, 5.41) is 3.34. The van der Waals surface area contributed by atoms with Crippen molar-refractivity contribution < 1.29 is 9.21 Å². The predicted molar refractivity (Wildman–Crippen MR) is 89.0 cm³/mol. The van der Waals surface area contributed by atoms with E-state index in [0.717, 1.165) is 36.7 Å². The molecule has 23 heavy (non-hydrogen) atoms. The smallest absolute Gasteiger partial charge is 0.223 e. The third-order valence-corrected chi connectivity index (χ3v) is 4.15. The van der Waals surface area contributed by atoms with Gasteiger partial charge >= 0.3 is 0 Å². The fourth-order valence-electron chi connectivity index (χ4n) is 2.95. The zero-order valence-electron chi connectivity index (χ0n) is 13.7. The van der Waals surface area contributed by atoms with Crippen molar-refractivity contribution in [1.29, 1.82) is 0 Å². The average molecular weight is 313 g/mol. The van der Waals surface area contributed by atoms with Crippen LogP contribution in [0.25, 0.3) is 11.3 Å². The highest BCUT2D eigenvalue weighted by molar-refractivity contribution is 5.76. The molecular formula is C18H23N3O2. The summed E-state index contributed by atoms with van der Waals surface area (Å²) in [4.78, 5) is 18.7. The summed E-state index contributed by atoms with van der Waals surface area (Å²) in [6, 6.07) is 10.3. The van der Waals surface area contributed by atoms with Crippen molar-refractivity contribution in [3.8, 4) is 11.3 Å². The van der Waals surface area contributed by atoms with E-state index < -0.39 is 0 Å². The van der Waals surface area contributed by atoms with E-state index in [0.29, 0.717) is 24.8 Å². The first-order valence-corrected chi connectivity index (χ1v) is 8.16. The standard InChI is InChI=1S/C18H23N3O2/c1-13-12-21(11-10-19-13)17(22)9-8-16-20-14(2)18(23-16)15-6-4-3-5-7-15/h3-7,13,19H,8-12H2,1-2H3/t13-/m0/s1. The van der Waals surface area contributed by atoms with Crippen molar-refractivity contribution in [2.75, 3.05) is 19.6 Å². The average Bonchev–Trinajstić information content (AvgIpc) is 2.94. The van der Waals surface area contributed by atoms with Gasteiger partial charge < -0.3 is 14.6 Å². The Labute approximate surface area is 136 Å². The minimum Gasteiger partial charge on any atom is -0.440 e. The molecular weight excluding hydrogens is 290 g/mol. The normalized spacial score (nSPS) is 18.2. The van der Waals surface area contributed by atoms with Crippen LogP contribution in [0.5, 0.6) is 0 Å². The molecule has 122 valence electrons. The van der Waals surface area contributed by atoms with E-state index in [2.05, 4.69) is 17.2 Å². The number of hydrogen-bond donors (Lipinski definition) is 1. The molecule has 5 nitrogen and oxygen atoms in total. The van der Waals surface area contributed by atoms with Crippen LogP contribution in [0, 0.1) is 6.92 Å². The van der Waals surface area contributed by atoms with Crippen molar-refractivity contribution in [1.82, 2.24) is 15.2 Å². The maximum absolute atomic E-state index is 12.3. The van der Waals surface area contributed by atoms with Crippen molar-refractivity contribution in [3.63, 3.8) is 0 Å². The minimum atomic E-state index is 0.176. The Balaban J connectivity index is 1.62. The number of piperazine rings is 1. The molecule has 1 aliphatic rings. The summed E-state index contributed by atoms with van der Waals surface area (Å²) >= 11 is 0. The summed E-state index contributed by atoms with van der Waals surface area (Å²) < 4.78 is 5.87. The molecule has 1 saturated heterocycles. The number of rotatable bonds is 4. The first-order chi connectivity index (χ1) is 11.1. The maximum Gasteiger partial charge on any atom is 0.223 e. The fourth-order valence-corrected chi connectivity index (χ4v) is 2.95. The van der Waals surface area contributed by atoms with E-state index >= 15 is 0 Å². The van der Waals surface area contributed by atoms with Crippen molar-refractivity contribution >= 4 is 5.91 Å². The first kappa shape index (κ1) is 15.7. The van der Waals surface area contributed by atoms with Crippen molar-refractivity contribution in [3.05, 3.63) is 41.9 Å². The number of hydrogen-bond acceptors (Lipinski definition) is 4. The lowest BCUT2D eigenvalue weighted by Crippen LogP contribution is -2.51. The van der Waals surface area contributed by atoms with Gasteiger partial charge in [-0.15, -0.1) is 0 Å². The lowest BCUT2D eigenvalue weighted by molar-refractivity contribution is -0.132. The van der Waals surface area contributed by atoms with Gasteiger partial charge in [0.1, 0.15) is 0 Å². The molecule has 1 N–H and O–H groups in total. The Kier molecular flexibility index (Phi) is 4.76. The van der Waals surface area contributed by atoms with Gasteiger partial charge in [0.05, 0.1) is 5.69 Å². The van der Waals surface area contributed by atoms with E-state index in [4.69, 9.17) is 4.42 Å². The maximum atomic E-state index is 12.3. The molecule has 0 bridgehead atoms. The monoisotopic (exact) mass is 313 g/mol. The van der Waals surface area contributed by atoms with Crippen LogP contribution in [0.3, 0.4) is 0 Å². The Morgan fingerprint density at radius 3 is 2.91 bits per heavy atom. The van der Waals surface area contributed by atoms with Gasteiger partial charge in [0.15, 0.2) is 11.7 Å². The van der Waals surface area contributed by atoms with Crippen LogP contribution < -0.4 is 5.32 Å². The third-order valence-electron chi connectivity index (χ3n) is 4.15. The van der Waals surface area contributed by atoms with Crippen LogP contribution in [0.4, 0.5) is 0 Å². The number of amides is 1. The van der Waals surface area contributed by atoms with Gasteiger partial charge in [0.2, 0.25) is 5.91 Å². The van der Waals surface area contributed by atoms with Gasteiger partial charge in [-0.25, -0.2) is 4.98 Å². The van der Waals surface area contributed by atoms with E-state index in [-0.39, 0.29) is 5.91 Å². The Bertz CT molecular complexity index is 666. The number of nitrogens with one attached hydrogen (secondary N) is 1. The van der Waals surface area contributed by atoms with Crippen LogP contribution in [0.15, 0.2) is 34.7 Å². The van der Waals surface area contributed by atoms with E-state index in [1.807, 2.05) is 42.2 Å². The number of aromatic nitrogens is 1. The summed E-state index contributed by atoms with van der Waals surface area (Å²) in [6.45, 7) is 6.46. The highest BCUT2D eigenvalue weighted by Gasteiger charge is 2.21. The number of aryl methyl sites for hydroxylation is 2. The van der Waals surface area contributed by atoms with Crippen LogP contribution in [0.1, 0.15) is 24.9 Å². The fraction of sp³-hybridized carbons (Fsp3) is 0.444. The lowest BCUT2D eigenvalue weighted by Gasteiger charge is -2.31. The third kappa shape index (κ3) is 3.79.